The van der Waals surface area contributed by atoms with Crippen molar-refractivity contribution < 1.29 is 9.59 Å². The molecule has 0 unspecified atom stereocenters. The van der Waals surface area contributed by atoms with Crippen LogP contribution >= 0.6 is 0 Å². The summed E-state index contributed by atoms with van der Waals surface area (Å²) < 4.78 is 0. The van der Waals surface area contributed by atoms with Crippen molar-refractivity contribution in [3.05, 3.63) is 18.5 Å². The first kappa shape index (κ1) is 16.9. The number of carbonyl (C=O) groups is 2. The molecule has 0 atom stereocenters. The molecule has 10 heteroatoms. The molecule has 3 rings (SSSR count). The zero-order valence-corrected chi connectivity index (χ0v) is 14.2. The summed E-state index contributed by atoms with van der Waals surface area (Å²) in [4.78, 5) is 41.4. The lowest BCUT2D eigenvalue weighted by Gasteiger charge is -2.36. The minimum absolute atomic E-state index is 0.0804. The number of hydrogen-bond acceptors (Lipinski definition) is 6. The summed E-state index contributed by atoms with van der Waals surface area (Å²) in [6.07, 6.45) is 3.48. The van der Waals surface area contributed by atoms with Crippen LogP contribution in [0.1, 0.15) is 0 Å². The quantitative estimate of drug-likeness (QED) is 0.398. The predicted molar refractivity (Wildman–Crippen MR) is 92.3 cm³/mol. The van der Waals surface area contributed by atoms with Gasteiger partial charge in [0.25, 0.3) is 0 Å². The highest BCUT2D eigenvalue weighted by molar-refractivity contribution is 6.01. The predicted octanol–water partition coefficient (Wildman–Crippen LogP) is -1.27. The van der Waals surface area contributed by atoms with Gasteiger partial charge in [-0.3, -0.25) is 14.7 Å². The van der Waals surface area contributed by atoms with Crippen molar-refractivity contribution in [3.8, 4) is 0 Å². The number of rotatable bonds is 4. The molecule has 2 saturated heterocycles. The molecule has 10 nitrogen and oxygen atoms in total. The highest BCUT2D eigenvalue weighted by Gasteiger charge is 2.28. The molecule has 2 aliphatic rings. The number of urea groups is 1. The van der Waals surface area contributed by atoms with Gasteiger partial charge in [0, 0.05) is 58.7 Å². The van der Waals surface area contributed by atoms with Crippen LogP contribution in [-0.2, 0) is 4.79 Å². The third kappa shape index (κ3) is 3.95. The Bertz CT molecular complexity index is 626. The summed E-state index contributed by atoms with van der Waals surface area (Å²) >= 11 is 0. The van der Waals surface area contributed by atoms with E-state index >= 15 is 0 Å². The Kier molecular flexibility index (Phi) is 5.26. The Balaban J connectivity index is 1.46. The summed E-state index contributed by atoms with van der Waals surface area (Å²) in [5.74, 6) is 1.31. The number of nitrogens with zero attached hydrogens (tertiary/aromatic N) is 6. The molecule has 2 aliphatic heterocycles. The summed E-state index contributed by atoms with van der Waals surface area (Å²) in [6.45, 7) is 4.06. The van der Waals surface area contributed by atoms with E-state index in [-0.39, 0.29) is 18.5 Å². The van der Waals surface area contributed by atoms with Crippen LogP contribution in [0.15, 0.2) is 23.5 Å². The third-order valence-electron chi connectivity index (χ3n) is 4.18. The molecule has 0 aliphatic carbocycles. The van der Waals surface area contributed by atoms with Gasteiger partial charge in [-0.1, -0.05) is 0 Å². The van der Waals surface area contributed by atoms with Gasteiger partial charge in [-0.2, -0.15) is 0 Å². The van der Waals surface area contributed by atoms with Crippen molar-refractivity contribution >= 4 is 23.8 Å². The van der Waals surface area contributed by atoms with Gasteiger partial charge < -0.3 is 20.4 Å². The van der Waals surface area contributed by atoms with Crippen molar-refractivity contribution in [2.75, 3.05) is 57.8 Å². The summed E-state index contributed by atoms with van der Waals surface area (Å²) in [5.41, 5.74) is 0. The lowest BCUT2D eigenvalue weighted by molar-refractivity contribution is -0.124. The molecule has 3 heterocycles. The van der Waals surface area contributed by atoms with E-state index in [4.69, 9.17) is 0 Å². The first-order chi connectivity index (χ1) is 12.2. The van der Waals surface area contributed by atoms with Gasteiger partial charge in [-0.25, -0.2) is 14.8 Å². The molecular weight excluding hydrogens is 324 g/mol. The van der Waals surface area contributed by atoms with Crippen LogP contribution in [-0.4, -0.2) is 90.5 Å². The Morgan fingerprint density at radius 3 is 2.56 bits per heavy atom. The van der Waals surface area contributed by atoms with Crippen molar-refractivity contribution in [1.29, 1.82) is 0 Å². The van der Waals surface area contributed by atoms with E-state index in [2.05, 4.69) is 35.4 Å². The van der Waals surface area contributed by atoms with E-state index in [0.29, 0.717) is 13.1 Å². The number of anilines is 1. The van der Waals surface area contributed by atoms with Gasteiger partial charge in [-0.15, -0.1) is 0 Å². The summed E-state index contributed by atoms with van der Waals surface area (Å²) in [6, 6.07) is 1.47. The molecule has 2 N–H and O–H groups in total. The molecule has 0 radical (unpaired) electrons. The Labute approximate surface area is 145 Å². The zero-order valence-electron chi connectivity index (χ0n) is 14.2. The van der Waals surface area contributed by atoms with Crippen molar-refractivity contribution in [3.63, 3.8) is 0 Å². The minimum Gasteiger partial charge on any atom is -0.354 e. The maximum absolute atomic E-state index is 11.6. The molecule has 1 aromatic rings. The fourth-order valence-corrected chi connectivity index (χ4v) is 2.87. The van der Waals surface area contributed by atoms with Gasteiger partial charge in [0.1, 0.15) is 0 Å². The molecule has 2 fully saturated rings. The average molecular weight is 346 g/mol. The number of piperazine rings is 1. The van der Waals surface area contributed by atoms with Crippen LogP contribution < -0.4 is 15.5 Å². The molecule has 0 saturated carbocycles. The summed E-state index contributed by atoms with van der Waals surface area (Å²) in [7, 11) is 1.72. The van der Waals surface area contributed by atoms with E-state index in [0.717, 1.165) is 38.1 Å². The van der Waals surface area contributed by atoms with Gasteiger partial charge in [-0.05, 0) is 6.07 Å². The van der Waals surface area contributed by atoms with Crippen molar-refractivity contribution in [2.45, 2.75) is 0 Å². The molecule has 0 aromatic carbocycles. The molecule has 0 bridgehead atoms. The zero-order chi connectivity index (χ0) is 17.6. The van der Waals surface area contributed by atoms with Gasteiger partial charge in [0.2, 0.25) is 11.9 Å². The monoisotopic (exact) mass is 346 g/mol. The van der Waals surface area contributed by atoms with Gasteiger partial charge >= 0.3 is 6.03 Å². The molecule has 0 spiro atoms. The van der Waals surface area contributed by atoms with E-state index in [1.807, 2.05) is 0 Å². The molecule has 3 amide bonds. The van der Waals surface area contributed by atoms with E-state index < -0.39 is 0 Å². The van der Waals surface area contributed by atoms with E-state index in [1.165, 1.54) is 4.90 Å². The number of imide groups is 1. The van der Waals surface area contributed by atoms with Gasteiger partial charge in [0.05, 0.1) is 6.54 Å². The van der Waals surface area contributed by atoms with Crippen LogP contribution in [0.4, 0.5) is 10.7 Å². The fourth-order valence-electron chi connectivity index (χ4n) is 2.87. The minimum atomic E-state index is -0.335. The maximum atomic E-state index is 11.6. The van der Waals surface area contributed by atoms with Crippen LogP contribution in [0.5, 0.6) is 0 Å². The number of carbonyl (C=O) groups excluding carboxylic acids is 2. The lowest BCUT2D eigenvalue weighted by atomic mass is 10.3. The van der Waals surface area contributed by atoms with Crippen molar-refractivity contribution in [1.82, 2.24) is 30.4 Å². The second-order valence-electron chi connectivity index (χ2n) is 5.70. The highest BCUT2D eigenvalue weighted by Crippen LogP contribution is 2.09. The van der Waals surface area contributed by atoms with Crippen LogP contribution in [0.3, 0.4) is 0 Å². The van der Waals surface area contributed by atoms with Crippen LogP contribution in [0.25, 0.3) is 0 Å². The SMILES string of the molecule is CN=C(NCCN1C(=O)CNC1=O)N1CCN(c2ncccn2)CC1. The molecule has 1 aromatic heterocycles. The first-order valence-corrected chi connectivity index (χ1v) is 8.25. The number of nitrogens with one attached hydrogen (secondary N) is 2. The van der Waals surface area contributed by atoms with E-state index in [9.17, 15) is 9.59 Å². The number of guanidine groups is 1. The molecular formula is C15H22N8O2. The first-order valence-electron chi connectivity index (χ1n) is 8.25. The van der Waals surface area contributed by atoms with E-state index in [1.54, 1.807) is 25.5 Å². The normalized spacial score (nSPS) is 18.6. The number of hydrogen-bond donors (Lipinski definition) is 2. The lowest BCUT2D eigenvalue weighted by Crippen LogP contribution is -2.53. The second-order valence-corrected chi connectivity index (χ2v) is 5.70. The Morgan fingerprint density at radius 2 is 1.96 bits per heavy atom. The number of aromatic nitrogens is 2. The Hall–Kier alpha value is -2.91. The second kappa shape index (κ2) is 7.77. The Morgan fingerprint density at radius 1 is 1.24 bits per heavy atom. The number of amides is 3. The highest BCUT2D eigenvalue weighted by atomic mass is 16.2. The van der Waals surface area contributed by atoms with Gasteiger partial charge in [0.15, 0.2) is 5.96 Å². The number of aliphatic imine (C=N–C) groups is 1. The standard InChI is InChI=1S/C15H22N8O2/c1-16-13(19-5-6-23-12(24)11-20-15(23)25)21-7-9-22(10-8-21)14-17-3-2-4-18-14/h2-4H,5-11H2,1H3,(H,16,19)(H,20,25). The third-order valence-corrected chi connectivity index (χ3v) is 4.18. The topological polar surface area (TPSA) is 106 Å². The average Bonchev–Trinajstić information content (AvgIpc) is 2.98. The maximum Gasteiger partial charge on any atom is 0.324 e. The fraction of sp³-hybridized carbons (Fsp3) is 0.533. The molecule has 25 heavy (non-hydrogen) atoms. The summed E-state index contributed by atoms with van der Waals surface area (Å²) in [5, 5.41) is 5.72. The van der Waals surface area contributed by atoms with Crippen LogP contribution in [0.2, 0.25) is 0 Å². The van der Waals surface area contributed by atoms with Crippen molar-refractivity contribution in [2.24, 2.45) is 4.99 Å². The molecule has 134 valence electrons. The smallest absolute Gasteiger partial charge is 0.324 e. The largest absolute Gasteiger partial charge is 0.354 e. The van der Waals surface area contributed by atoms with Crippen LogP contribution in [0, 0.1) is 0 Å².